The SMILES string of the molecule is Cc1ccc(N(C)c2cc(C#N)ccc2C(C)O)cc1. The van der Waals surface area contributed by atoms with E-state index < -0.39 is 6.10 Å². The molecule has 1 atom stereocenters. The molecular weight excluding hydrogens is 248 g/mol. The quantitative estimate of drug-likeness (QED) is 0.921. The Labute approximate surface area is 119 Å². The lowest BCUT2D eigenvalue weighted by molar-refractivity contribution is 0.200. The van der Waals surface area contributed by atoms with Gasteiger partial charge in [-0.2, -0.15) is 5.26 Å². The number of anilines is 2. The Kier molecular flexibility index (Phi) is 4.07. The van der Waals surface area contributed by atoms with Crippen LogP contribution in [0.25, 0.3) is 0 Å². The number of aryl methyl sites for hydroxylation is 1. The molecule has 0 saturated heterocycles. The van der Waals surface area contributed by atoms with Crippen molar-refractivity contribution in [2.24, 2.45) is 0 Å². The second kappa shape index (κ2) is 5.77. The maximum absolute atomic E-state index is 9.90. The first-order valence-corrected chi connectivity index (χ1v) is 6.55. The van der Waals surface area contributed by atoms with Crippen LogP contribution in [-0.2, 0) is 0 Å². The summed E-state index contributed by atoms with van der Waals surface area (Å²) in [6.07, 6.45) is -0.578. The second-order valence-corrected chi connectivity index (χ2v) is 4.96. The van der Waals surface area contributed by atoms with E-state index in [2.05, 4.69) is 6.07 Å². The Morgan fingerprint density at radius 2 is 1.80 bits per heavy atom. The van der Waals surface area contributed by atoms with Gasteiger partial charge in [-0.05, 0) is 38.1 Å². The molecule has 0 heterocycles. The van der Waals surface area contributed by atoms with Gasteiger partial charge in [-0.15, -0.1) is 0 Å². The minimum Gasteiger partial charge on any atom is -0.389 e. The van der Waals surface area contributed by atoms with Crippen LogP contribution in [0.5, 0.6) is 0 Å². The number of aliphatic hydroxyl groups excluding tert-OH is 1. The third-order valence-electron chi connectivity index (χ3n) is 3.39. The molecule has 102 valence electrons. The Hall–Kier alpha value is -2.31. The Bertz CT molecular complexity index is 639. The lowest BCUT2D eigenvalue weighted by atomic mass is 10.0. The van der Waals surface area contributed by atoms with Crippen LogP contribution in [0, 0.1) is 18.3 Å². The highest BCUT2D eigenvalue weighted by Crippen LogP contribution is 2.31. The molecule has 1 unspecified atom stereocenters. The van der Waals surface area contributed by atoms with E-state index in [0.717, 1.165) is 16.9 Å². The Morgan fingerprint density at radius 3 is 2.35 bits per heavy atom. The number of nitriles is 1. The van der Waals surface area contributed by atoms with E-state index in [-0.39, 0.29) is 0 Å². The van der Waals surface area contributed by atoms with E-state index >= 15 is 0 Å². The van der Waals surface area contributed by atoms with Gasteiger partial charge in [-0.1, -0.05) is 23.8 Å². The molecular formula is C17H18N2O. The van der Waals surface area contributed by atoms with Crippen LogP contribution in [0.15, 0.2) is 42.5 Å². The van der Waals surface area contributed by atoms with Gasteiger partial charge in [0.25, 0.3) is 0 Å². The van der Waals surface area contributed by atoms with Crippen molar-refractivity contribution in [3.05, 3.63) is 59.2 Å². The number of aliphatic hydroxyl groups is 1. The van der Waals surface area contributed by atoms with Crippen molar-refractivity contribution in [1.82, 2.24) is 0 Å². The molecule has 0 aliphatic carbocycles. The lowest BCUT2D eigenvalue weighted by Gasteiger charge is -2.24. The summed E-state index contributed by atoms with van der Waals surface area (Å²) in [5.41, 5.74) is 4.47. The fourth-order valence-corrected chi connectivity index (χ4v) is 2.16. The molecule has 0 spiro atoms. The molecule has 2 aromatic rings. The van der Waals surface area contributed by atoms with Crippen LogP contribution in [-0.4, -0.2) is 12.2 Å². The van der Waals surface area contributed by atoms with Gasteiger partial charge in [0.05, 0.1) is 17.7 Å². The van der Waals surface area contributed by atoms with E-state index in [1.807, 2.05) is 55.3 Å². The molecule has 0 aliphatic rings. The van der Waals surface area contributed by atoms with Crippen molar-refractivity contribution in [1.29, 1.82) is 5.26 Å². The molecule has 2 rings (SSSR count). The van der Waals surface area contributed by atoms with Crippen LogP contribution in [0.4, 0.5) is 11.4 Å². The van der Waals surface area contributed by atoms with Gasteiger partial charge in [0.2, 0.25) is 0 Å². The molecule has 20 heavy (non-hydrogen) atoms. The molecule has 0 fully saturated rings. The van der Waals surface area contributed by atoms with Gasteiger partial charge < -0.3 is 10.0 Å². The van der Waals surface area contributed by atoms with Crippen LogP contribution >= 0.6 is 0 Å². The standard InChI is InChI=1S/C17H18N2O/c1-12-4-7-15(8-5-12)19(3)17-10-14(11-18)6-9-16(17)13(2)20/h4-10,13,20H,1-3H3. The van der Waals surface area contributed by atoms with Gasteiger partial charge in [-0.25, -0.2) is 0 Å². The summed E-state index contributed by atoms with van der Waals surface area (Å²) in [7, 11) is 1.94. The van der Waals surface area contributed by atoms with Crippen molar-refractivity contribution in [3.63, 3.8) is 0 Å². The van der Waals surface area contributed by atoms with E-state index in [0.29, 0.717) is 5.56 Å². The molecule has 3 nitrogen and oxygen atoms in total. The number of benzene rings is 2. The van der Waals surface area contributed by atoms with Crippen LogP contribution in [0.1, 0.15) is 29.7 Å². The van der Waals surface area contributed by atoms with Gasteiger partial charge in [0.1, 0.15) is 0 Å². The summed E-state index contributed by atoms with van der Waals surface area (Å²) in [6, 6.07) is 15.6. The normalized spacial score (nSPS) is 11.8. The number of rotatable bonds is 3. The maximum Gasteiger partial charge on any atom is 0.0992 e. The van der Waals surface area contributed by atoms with Crippen molar-refractivity contribution in [2.45, 2.75) is 20.0 Å². The van der Waals surface area contributed by atoms with Crippen molar-refractivity contribution in [2.75, 3.05) is 11.9 Å². The van der Waals surface area contributed by atoms with Crippen LogP contribution in [0.3, 0.4) is 0 Å². The molecule has 0 amide bonds. The predicted octanol–water partition coefficient (Wildman–Crippen LogP) is 3.69. The third-order valence-corrected chi connectivity index (χ3v) is 3.39. The van der Waals surface area contributed by atoms with Crippen LogP contribution in [0.2, 0.25) is 0 Å². The zero-order chi connectivity index (χ0) is 14.7. The smallest absolute Gasteiger partial charge is 0.0992 e. The monoisotopic (exact) mass is 266 g/mol. The first kappa shape index (κ1) is 14.1. The average Bonchev–Trinajstić information content (AvgIpc) is 2.46. The van der Waals surface area contributed by atoms with E-state index in [9.17, 15) is 5.11 Å². The van der Waals surface area contributed by atoms with Crippen LogP contribution < -0.4 is 4.90 Å². The number of nitrogens with zero attached hydrogens (tertiary/aromatic N) is 2. The zero-order valence-corrected chi connectivity index (χ0v) is 12.0. The van der Waals surface area contributed by atoms with Gasteiger partial charge in [0, 0.05) is 24.0 Å². The molecule has 2 aromatic carbocycles. The highest BCUT2D eigenvalue weighted by Gasteiger charge is 2.13. The number of hydrogen-bond acceptors (Lipinski definition) is 3. The summed E-state index contributed by atoms with van der Waals surface area (Å²) < 4.78 is 0. The maximum atomic E-state index is 9.90. The summed E-state index contributed by atoms with van der Waals surface area (Å²) in [6.45, 7) is 3.77. The fraction of sp³-hybridized carbons (Fsp3) is 0.235. The second-order valence-electron chi connectivity index (χ2n) is 4.96. The first-order valence-electron chi connectivity index (χ1n) is 6.55. The number of hydrogen-bond donors (Lipinski definition) is 1. The summed E-state index contributed by atoms with van der Waals surface area (Å²) in [5.74, 6) is 0. The molecule has 0 saturated carbocycles. The highest BCUT2D eigenvalue weighted by atomic mass is 16.3. The highest BCUT2D eigenvalue weighted by molar-refractivity contribution is 5.68. The molecule has 0 aliphatic heterocycles. The summed E-state index contributed by atoms with van der Waals surface area (Å²) in [4.78, 5) is 1.99. The van der Waals surface area contributed by atoms with E-state index in [1.54, 1.807) is 13.0 Å². The Balaban J connectivity index is 2.49. The summed E-state index contributed by atoms with van der Waals surface area (Å²) >= 11 is 0. The van der Waals surface area contributed by atoms with Gasteiger partial charge in [-0.3, -0.25) is 0 Å². The zero-order valence-electron chi connectivity index (χ0n) is 12.0. The molecule has 3 heteroatoms. The predicted molar refractivity (Wildman–Crippen MR) is 81.0 cm³/mol. The van der Waals surface area contributed by atoms with E-state index in [1.165, 1.54) is 5.56 Å². The Morgan fingerprint density at radius 1 is 1.15 bits per heavy atom. The lowest BCUT2D eigenvalue weighted by Crippen LogP contribution is -2.13. The van der Waals surface area contributed by atoms with Crippen molar-refractivity contribution >= 4 is 11.4 Å². The van der Waals surface area contributed by atoms with Gasteiger partial charge in [0.15, 0.2) is 0 Å². The van der Waals surface area contributed by atoms with Crippen molar-refractivity contribution in [3.8, 4) is 6.07 Å². The molecule has 0 radical (unpaired) electrons. The van der Waals surface area contributed by atoms with Crippen molar-refractivity contribution < 1.29 is 5.11 Å². The van der Waals surface area contributed by atoms with Gasteiger partial charge >= 0.3 is 0 Å². The average molecular weight is 266 g/mol. The molecule has 0 bridgehead atoms. The van der Waals surface area contributed by atoms with E-state index in [4.69, 9.17) is 5.26 Å². The minimum atomic E-state index is -0.578. The molecule has 0 aromatic heterocycles. The summed E-state index contributed by atoms with van der Waals surface area (Å²) in [5, 5.41) is 18.9. The molecule has 1 N–H and O–H groups in total. The largest absolute Gasteiger partial charge is 0.389 e. The first-order chi connectivity index (χ1) is 9.52. The fourth-order valence-electron chi connectivity index (χ4n) is 2.16. The minimum absolute atomic E-state index is 0.578. The third kappa shape index (κ3) is 2.81. The topological polar surface area (TPSA) is 47.3 Å².